The van der Waals surface area contributed by atoms with Gasteiger partial charge in [0.15, 0.2) is 5.82 Å². The van der Waals surface area contributed by atoms with E-state index in [4.69, 9.17) is 0 Å². The number of anilines is 1. The predicted molar refractivity (Wildman–Crippen MR) is 95.9 cm³/mol. The van der Waals surface area contributed by atoms with Crippen LogP contribution in [-0.4, -0.2) is 27.6 Å². The Balaban J connectivity index is 1.96. The number of aromatic nitrogens is 3. The van der Waals surface area contributed by atoms with Gasteiger partial charge in [-0.1, -0.05) is 25.5 Å². The molecule has 4 rings (SSSR count). The summed E-state index contributed by atoms with van der Waals surface area (Å²) in [5, 5.41) is 1.23. The van der Waals surface area contributed by atoms with Crippen molar-refractivity contribution in [1.29, 1.82) is 0 Å². The highest BCUT2D eigenvalue weighted by molar-refractivity contribution is 6.09. The summed E-state index contributed by atoms with van der Waals surface area (Å²) in [6.07, 6.45) is 3.03. The van der Waals surface area contributed by atoms with E-state index in [1.54, 1.807) is 6.33 Å². The van der Waals surface area contributed by atoms with Gasteiger partial charge in [0, 0.05) is 25.5 Å². The summed E-state index contributed by atoms with van der Waals surface area (Å²) in [7, 11) is 2.13. The molecule has 2 aromatic heterocycles. The Morgan fingerprint density at radius 2 is 1.83 bits per heavy atom. The molecule has 23 heavy (non-hydrogen) atoms. The molecule has 0 saturated carbocycles. The fraction of sp³-hybridized carbons (Fsp3) is 0.474. The van der Waals surface area contributed by atoms with E-state index >= 15 is 0 Å². The number of fused-ring (bicyclic) bond motifs is 3. The van der Waals surface area contributed by atoms with Crippen LogP contribution in [0.5, 0.6) is 0 Å². The van der Waals surface area contributed by atoms with Crippen LogP contribution in [0.4, 0.5) is 5.82 Å². The Kier molecular flexibility index (Phi) is 3.29. The number of nitrogens with zero attached hydrogens (tertiary/aromatic N) is 4. The molecule has 0 amide bonds. The van der Waals surface area contributed by atoms with Gasteiger partial charge in [-0.15, -0.1) is 0 Å². The number of hydrogen-bond acceptors (Lipinski definition) is 3. The van der Waals surface area contributed by atoms with Gasteiger partial charge in [0.1, 0.15) is 17.4 Å². The van der Waals surface area contributed by atoms with Crippen LogP contribution < -0.4 is 4.90 Å². The van der Waals surface area contributed by atoms with Crippen molar-refractivity contribution in [2.24, 2.45) is 18.9 Å². The first-order valence-electron chi connectivity index (χ1n) is 8.49. The molecule has 120 valence electrons. The lowest BCUT2D eigenvalue weighted by Crippen LogP contribution is -2.39. The van der Waals surface area contributed by atoms with E-state index in [9.17, 15) is 0 Å². The van der Waals surface area contributed by atoms with E-state index in [-0.39, 0.29) is 0 Å². The van der Waals surface area contributed by atoms with Gasteiger partial charge < -0.3 is 9.47 Å². The van der Waals surface area contributed by atoms with Gasteiger partial charge >= 0.3 is 0 Å². The summed E-state index contributed by atoms with van der Waals surface area (Å²) in [4.78, 5) is 11.7. The molecule has 0 bridgehead atoms. The molecule has 4 nitrogen and oxygen atoms in total. The van der Waals surface area contributed by atoms with Crippen molar-refractivity contribution in [3.05, 3.63) is 30.1 Å². The lowest BCUT2D eigenvalue weighted by atomic mass is 9.92. The molecule has 3 heterocycles. The first kappa shape index (κ1) is 14.5. The second-order valence-corrected chi connectivity index (χ2v) is 7.33. The lowest BCUT2D eigenvalue weighted by Gasteiger charge is -2.36. The van der Waals surface area contributed by atoms with Crippen LogP contribution in [0, 0.1) is 18.8 Å². The third kappa shape index (κ3) is 2.28. The summed E-state index contributed by atoms with van der Waals surface area (Å²) in [6.45, 7) is 8.97. The molecule has 0 radical (unpaired) electrons. The summed E-state index contributed by atoms with van der Waals surface area (Å²) in [5.74, 6) is 2.51. The zero-order valence-electron chi connectivity index (χ0n) is 14.4. The SMILES string of the molecule is Cc1ccc2c(c1)c1ncnc(N3C[C@H](C)C[C@H](C)C3)c1n2C. The van der Waals surface area contributed by atoms with E-state index in [0.717, 1.165) is 29.9 Å². The third-order valence-corrected chi connectivity index (χ3v) is 5.08. The van der Waals surface area contributed by atoms with E-state index in [1.165, 1.54) is 22.9 Å². The highest BCUT2D eigenvalue weighted by atomic mass is 15.2. The van der Waals surface area contributed by atoms with Crippen LogP contribution in [-0.2, 0) is 7.05 Å². The fourth-order valence-electron chi connectivity index (χ4n) is 4.20. The van der Waals surface area contributed by atoms with Crippen LogP contribution in [0.15, 0.2) is 24.5 Å². The zero-order valence-corrected chi connectivity index (χ0v) is 14.4. The average Bonchev–Trinajstić information content (AvgIpc) is 2.79. The predicted octanol–water partition coefficient (Wildman–Crippen LogP) is 3.91. The lowest BCUT2D eigenvalue weighted by molar-refractivity contribution is 0.355. The quantitative estimate of drug-likeness (QED) is 0.683. The van der Waals surface area contributed by atoms with E-state index in [0.29, 0.717) is 11.8 Å². The Hall–Kier alpha value is -2.10. The van der Waals surface area contributed by atoms with Crippen LogP contribution in [0.25, 0.3) is 21.9 Å². The fourth-order valence-corrected chi connectivity index (χ4v) is 4.20. The average molecular weight is 308 g/mol. The highest BCUT2D eigenvalue weighted by Crippen LogP contribution is 2.34. The minimum Gasteiger partial charge on any atom is -0.354 e. The van der Waals surface area contributed by atoms with Gasteiger partial charge in [0.05, 0.1) is 5.52 Å². The highest BCUT2D eigenvalue weighted by Gasteiger charge is 2.25. The summed E-state index contributed by atoms with van der Waals surface area (Å²) in [5.41, 5.74) is 4.73. The molecular weight excluding hydrogens is 284 g/mol. The Morgan fingerprint density at radius 3 is 2.57 bits per heavy atom. The van der Waals surface area contributed by atoms with Gasteiger partial charge in [-0.3, -0.25) is 0 Å². The van der Waals surface area contributed by atoms with Crippen LogP contribution in [0.3, 0.4) is 0 Å². The van der Waals surface area contributed by atoms with E-state index in [1.807, 2.05) is 0 Å². The number of benzene rings is 1. The number of rotatable bonds is 1. The molecule has 1 saturated heterocycles. The van der Waals surface area contributed by atoms with Gasteiger partial charge in [-0.25, -0.2) is 9.97 Å². The van der Waals surface area contributed by atoms with Crippen molar-refractivity contribution in [3.63, 3.8) is 0 Å². The van der Waals surface area contributed by atoms with E-state index in [2.05, 4.69) is 65.5 Å². The first-order chi connectivity index (χ1) is 11.0. The van der Waals surface area contributed by atoms with Gasteiger partial charge in [-0.2, -0.15) is 0 Å². The second-order valence-electron chi connectivity index (χ2n) is 7.33. The van der Waals surface area contributed by atoms with Crippen LogP contribution in [0.2, 0.25) is 0 Å². The van der Waals surface area contributed by atoms with Crippen LogP contribution >= 0.6 is 0 Å². The van der Waals surface area contributed by atoms with E-state index < -0.39 is 0 Å². The Labute approximate surface area is 137 Å². The van der Waals surface area contributed by atoms with Crippen molar-refractivity contribution in [3.8, 4) is 0 Å². The normalized spacial score (nSPS) is 22.2. The number of aryl methyl sites for hydroxylation is 2. The van der Waals surface area contributed by atoms with Gasteiger partial charge in [0.25, 0.3) is 0 Å². The molecule has 1 fully saturated rings. The Bertz CT molecular complexity index is 870. The smallest absolute Gasteiger partial charge is 0.156 e. The molecule has 1 aliphatic rings. The molecule has 0 spiro atoms. The van der Waals surface area contributed by atoms with Gasteiger partial charge in [-0.05, 0) is 37.3 Å². The minimum atomic E-state index is 0.709. The topological polar surface area (TPSA) is 34.0 Å². The van der Waals surface area contributed by atoms with Crippen molar-refractivity contribution >= 4 is 27.8 Å². The maximum absolute atomic E-state index is 4.67. The first-order valence-corrected chi connectivity index (χ1v) is 8.49. The van der Waals surface area contributed by atoms with Gasteiger partial charge in [0.2, 0.25) is 0 Å². The molecular formula is C19H24N4. The van der Waals surface area contributed by atoms with Crippen molar-refractivity contribution in [2.75, 3.05) is 18.0 Å². The second kappa shape index (κ2) is 5.22. The minimum absolute atomic E-state index is 0.709. The third-order valence-electron chi connectivity index (χ3n) is 5.08. The largest absolute Gasteiger partial charge is 0.354 e. The molecule has 3 aromatic rings. The molecule has 4 heteroatoms. The van der Waals surface area contributed by atoms with Crippen LogP contribution in [0.1, 0.15) is 25.8 Å². The number of piperidine rings is 1. The summed E-state index contributed by atoms with van der Waals surface area (Å²) < 4.78 is 2.25. The molecule has 1 aromatic carbocycles. The van der Waals surface area contributed by atoms with Crippen molar-refractivity contribution in [2.45, 2.75) is 27.2 Å². The zero-order chi connectivity index (χ0) is 16.1. The monoisotopic (exact) mass is 308 g/mol. The summed E-state index contributed by atoms with van der Waals surface area (Å²) >= 11 is 0. The molecule has 2 atom stereocenters. The van der Waals surface area contributed by atoms with Crippen molar-refractivity contribution in [1.82, 2.24) is 14.5 Å². The summed E-state index contributed by atoms with van der Waals surface area (Å²) in [6, 6.07) is 6.59. The van der Waals surface area contributed by atoms with Crippen molar-refractivity contribution < 1.29 is 0 Å². The Morgan fingerprint density at radius 1 is 1.09 bits per heavy atom. The molecule has 0 unspecified atom stereocenters. The standard InChI is InChI=1S/C19H24N4/c1-12-5-6-16-15(8-12)17-18(22(16)4)19(21-11-20-17)23-9-13(2)7-14(3)10-23/h5-6,8,11,13-14H,7,9-10H2,1-4H3/t13-,14+. The maximum atomic E-state index is 4.67. The molecule has 0 aliphatic carbocycles. The number of hydrogen-bond donors (Lipinski definition) is 0. The maximum Gasteiger partial charge on any atom is 0.156 e. The molecule has 1 aliphatic heterocycles. The molecule has 0 N–H and O–H groups in total.